The van der Waals surface area contributed by atoms with E-state index in [4.69, 9.17) is 10.5 Å². The molecule has 0 bridgehead atoms. The fourth-order valence-electron chi connectivity index (χ4n) is 1.73. The van der Waals surface area contributed by atoms with E-state index in [1.54, 1.807) is 46.1 Å². The second kappa shape index (κ2) is 6.79. The summed E-state index contributed by atoms with van der Waals surface area (Å²) < 4.78 is 4.93. The van der Waals surface area contributed by atoms with Crippen molar-refractivity contribution < 1.29 is 14.3 Å². The number of hydrogen-bond acceptors (Lipinski definition) is 5. The zero-order chi connectivity index (χ0) is 15.3. The monoisotopic (exact) mass is 279 g/mol. The first-order valence-corrected chi connectivity index (χ1v) is 6.41. The summed E-state index contributed by atoms with van der Waals surface area (Å²) in [5.41, 5.74) is 7.04. The van der Waals surface area contributed by atoms with Crippen LogP contribution in [0, 0.1) is 0 Å². The summed E-state index contributed by atoms with van der Waals surface area (Å²) >= 11 is 0. The van der Waals surface area contributed by atoms with E-state index >= 15 is 0 Å². The molecule has 0 aliphatic carbocycles. The molecule has 1 aromatic rings. The van der Waals surface area contributed by atoms with Gasteiger partial charge in [-0.15, -0.1) is 0 Å². The van der Waals surface area contributed by atoms with Gasteiger partial charge in [0.2, 0.25) is 5.91 Å². The lowest BCUT2D eigenvalue weighted by Gasteiger charge is -2.19. The Morgan fingerprint density at radius 1 is 1.40 bits per heavy atom. The number of ether oxygens (including phenoxy) is 1. The lowest BCUT2D eigenvalue weighted by atomic mass is 10.1. The van der Waals surface area contributed by atoms with Crippen molar-refractivity contribution in [1.82, 2.24) is 4.90 Å². The molecule has 1 amide bonds. The van der Waals surface area contributed by atoms with Crippen LogP contribution in [0.2, 0.25) is 0 Å². The van der Waals surface area contributed by atoms with Crippen LogP contribution in [0.4, 0.5) is 11.4 Å². The van der Waals surface area contributed by atoms with Crippen LogP contribution in [0.5, 0.6) is 0 Å². The zero-order valence-corrected chi connectivity index (χ0v) is 12.3. The Bertz CT molecular complexity index is 500. The Morgan fingerprint density at radius 2 is 2.05 bits per heavy atom. The Labute approximate surface area is 118 Å². The van der Waals surface area contributed by atoms with Gasteiger partial charge < -0.3 is 20.7 Å². The maximum absolute atomic E-state index is 11.8. The summed E-state index contributed by atoms with van der Waals surface area (Å²) in [6.45, 7) is 3.77. The van der Waals surface area contributed by atoms with E-state index in [2.05, 4.69) is 5.32 Å². The Balaban J connectivity index is 2.90. The van der Waals surface area contributed by atoms with E-state index in [0.29, 0.717) is 16.9 Å². The molecule has 1 aromatic carbocycles. The molecule has 1 unspecified atom stereocenters. The number of rotatable bonds is 5. The van der Waals surface area contributed by atoms with Gasteiger partial charge >= 0.3 is 5.97 Å². The molecule has 0 aliphatic heterocycles. The molecule has 0 heterocycles. The molecule has 1 atom stereocenters. The van der Waals surface area contributed by atoms with Gasteiger partial charge in [0, 0.05) is 25.5 Å². The zero-order valence-electron chi connectivity index (χ0n) is 12.3. The van der Waals surface area contributed by atoms with Gasteiger partial charge in [-0.1, -0.05) is 0 Å². The topological polar surface area (TPSA) is 84.7 Å². The quantitative estimate of drug-likeness (QED) is 0.627. The highest BCUT2D eigenvalue weighted by atomic mass is 16.5. The van der Waals surface area contributed by atoms with Gasteiger partial charge in [-0.3, -0.25) is 4.79 Å². The van der Waals surface area contributed by atoms with E-state index in [9.17, 15) is 9.59 Å². The third kappa shape index (κ3) is 3.88. The predicted octanol–water partition coefficient (Wildman–Crippen LogP) is 1.33. The first kappa shape index (κ1) is 15.8. The number of carbonyl (C=O) groups is 2. The number of amides is 1. The van der Waals surface area contributed by atoms with Gasteiger partial charge in [-0.25, -0.2) is 4.79 Å². The molecule has 0 fully saturated rings. The normalized spacial score (nSPS) is 11.6. The van der Waals surface area contributed by atoms with E-state index in [1.165, 1.54) is 4.90 Å². The average molecular weight is 279 g/mol. The molecule has 0 spiro atoms. The second-order valence-corrected chi connectivity index (χ2v) is 4.62. The van der Waals surface area contributed by atoms with Crippen LogP contribution >= 0.6 is 0 Å². The molecule has 0 radical (unpaired) electrons. The molecule has 110 valence electrons. The van der Waals surface area contributed by atoms with Gasteiger partial charge in [-0.2, -0.15) is 0 Å². The van der Waals surface area contributed by atoms with Crippen LogP contribution in [-0.4, -0.2) is 43.5 Å². The second-order valence-electron chi connectivity index (χ2n) is 4.62. The Morgan fingerprint density at radius 3 is 2.60 bits per heavy atom. The minimum atomic E-state index is -0.472. The smallest absolute Gasteiger partial charge is 0.340 e. The maximum Gasteiger partial charge on any atom is 0.340 e. The van der Waals surface area contributed by atoms with E-state index < -0.39 is 12.0 Å². The van der Waals surface area contributed by atoms with Crippen molar-refractivity contribution in [2.75, 3.05) is 31.8 Å². The summed E-state index contributed by atoms with van der Waals surface area (Å²) in [6.07, 6.45) is 0. The fraction of sp³-hybridized carbons (Fsp3) is 0.429. The standard InChI is InChI=1S/C14H21N3O3/c1-5-20-14(19)11-8-10(6-7-12(11)15)16-9(2)13(18)17(3)4/h6-9,16H,5,15H2,1-4H3. The number of nitrogens with two attached hydrogens (primary N) is 1. The van der Waals surface area contributed by atoms with Crippen molar-refractivity contribution in [3.05, 3.63) is 23.8 Å². The molecule has 0 aliphatic rings. The van der Waals surface area contributed by atoms with Crippen molar-refractivity contribution in [3.8, 4) is 0 Å². The number of carbonyl (C=O) groups excluding carboxylic acids is 2. The molecule has 6 nitrogen and oxygen atoms in total. The highest BCUT2D eigenvalue weighted by molar-refractivity contribution is 5.96. The summed E-state index contributed by atoms with van der Waals surface area (Å²) in [4.78, 5) is 25.0. The largest absolute Gasteiger partial charge is 0.462 e. The molecule has 0 saturated heterocycles. The summed E-state index contributed by atoms with van der Waals surface area (Å²) in [6, 6.07) is 4.52. The van der Waals surface area contributed by atoms with Gasteiger partial charge in [-0.05, 0) is 32.0 Å². The fourth-order valence-corrected chi connectivity index (χ4v) is 1.73. The number of anilines is 2. The predicted molar refractivity (Wildman–Crippen MR) is 78.6 cm³/mol. The number of nitrogens with one attached hydrogen (secondary N) is 1. The number of nitrogen functional groups attached to an aromatic ring is 1. The van der Waals surface area contributed by atoms with Gasteiger partial charge in [0.05, 0.1) is 12.2 Å². The van der Waals surface area contributed by atoms with Crippen LogP contribution in [0.1, 0.15) is 24.2 Å². The molecule has 20 heavy (non-hydrogen) atoms. The summed E-state index contributed by atoms with van der Waals surface area (Å²) in [5, 5.41) is 3.03. The number of benzene rings is 1. The van der Waals surface area contributed by atoms with Crippen LogP contribution in [0.25, 0.3) is 0 Å². The lowest BCUT2D eigenvalue weighted by molar-refractivity contribution is -0.129. The van der Waals surface area contributed by atoms with Gasteiger partial charge in [0.1, 0.15) is 6.04 Å². The molecule has 0 aromatic heterocycles. The Hall–Kier alpha value is -2.24. The SMILES string of the molecule is CCOC(=O)c1cc(NC(C)C(=O)N(C)C)ccc1N. The van der Waals surface area contributed by atoms with E-state index in [-0.39, 0.29) is 12.5 Å². The van der Waals surface area contributed by atoms with E-state index in [1.807, 2.05) is 0 Å². The van der Waals surface area contributed by atoms with Crippen molar-refractivity contribution in [2.24, 2.45) is 0 Å². The molecule has 3 N–H and O–H groups in total. The van der Waals surface area contributed by atoms with Crippen LogP contribution < -0.4 is 11.1 Å². The average Bonchev–Trinajstić information content (AvgIpc) is 2.40. The van der Waals surface area contributed by atoms with Gasteiger partial charge in [0.25, 0.3) is 0 Å². The molecule has 0 saturated carbocycles. The van der Waals surface area contributed by atoms with Gasteiger partial charge in [0.15, 0.2) is 0 Å². The molecule has 1 rings (SSSR count). The number of nitrogens with zero attached hydrogens (tertiary/aromatic N) is 1. The van der Waals surface area contributed by atoms with Crippen molar-refractivity contribution in [1.29, 1.82) is 0 Å². The Kier molecular flexibility index (Phi) is 5.37. The number of esters is 1. The van der Waals surface area contributed by atoms with Crippen LogP contribution in [-0.2, 0) is 9.53 Å². The third-order valence-electron chi connectivity index (χ3n) is 2.74. The van der Waals surface area contributed by atoms with E-state index in [0.717, 1.165) is 0 Å². The minimum absolute atomic E-state index is 0.0560. The highest BCUT2D eigenvalue weighted by Gasteiger charge is 2.16. The summed E-state index contributed by atoms with van der Waals surface area (Å²) in [7, 11) is 3.38. The first-order chi connectivity index (χ1) is 9.36. The molecule has 6 heteroatoms. The minimum Gasteiger partial charge on any atom is -0.462 e. The third-order valence-corrected chi connectivity index (χ3v) is 2.74. The van der Waals surface area contributed by atoms with Crippen LogP contribution in [0.15, 0.2) is 18.2 Å². The van der Waals surface area contributed by atoms with Crippen molar-refractivity contribution in [3.63, 3.8) is 0 Å². The summed E-state index contributed by atoms with van der Waals surface area (Å²) in [5.74, 6) is -0.528. The number of hydrogen-bond donors (Lipinski definition) is 2. The molecular formula is C14H21N3O3. The maximum atomic E-state index is 11.8. The van der Waals surface area contributed by atoms with Crippen molar-refractivity contribution in [2.45, 2.75) is 19.9 Å². The highest BCUT2D eigenvalue weighted by Crippen LogP contribution is 2.19. The molecular weight excluding hydrogens is 258 g/mol. The number of likely N-dealkylation sites (N-methyl/N-ethyl adjacent to an activating group) is 1. The lowest BCUT2D eigenvalue weighted by Crippen LogP contribution is -2.36. The van der Waals surface area contributed by atoms with Crippen LogP contribution in [0.3, 0.4) is 0 Å². The first-order valence-electron chi connectivity index (χ1n) is 6.41. The van der Waals surface area contributed by atoms with Crippen molar-refractivity contribution >= 4 is 23.3 Å².